The van der Waals surface area contributed by atoms with Crippen LogP contribution in [0.5, 0.6) is 0 Å². The molecule has 1 atom stereocenters. The van der Waals surface area contributed by atoms with Gasteiger partial charge in [-0.25, -0.2) is 4.79 Å². The van der Waals surface area contributed by atoms with Crippen LogP contribution in [0.1, 0.15) is 32.5 Å². The van der Waals surface area contributed by atoms with E-state index in [-0.39, 0.29) is 12.1 Å². The molecule has 1 aromatic heterocycles. The largest absolute Gasteiger partial charge is 0.444 e. The van der Waals surface area contributed by atoms with Crippen molar-refractivity contribution in [2.24, 2.45) is 5.73 Å². The van der Waals surface area contributed by atoms with Gasteiger partial charge >= 0.3 is 6.09 Å². The van der Waals surface area contributed by atoms with Gasteiger partial charge in [0.2, 0.25) is 0 Å². The van der Waals surface area contributed by atoms with Gasteiger partial charge in [-0.3, -0.25) is 0 Å². The molecule has 0 bridgehead atoms. The number of nitrogens with one attached hydrogen (secondary N) is 1. The lowest BCUT2D eigenvalue weighted by Crippen LogP contribution is -2.38. The lowest BCUT2D eigenvalue weighted by molar-refractivity contribution is 0.0288. The quantitative estimate of drug-likeness (QED) is 0.846. The van der Waals surface area contributed by atoms with Gasteiger partial charge in [0.15, 0.2) is 0 Å². The second-order valence-corrected chi connectivity index (χ2v) is 5.09. The van der Waals surface area contributed by atoms with Crippen LogP contribution in [0.25, 0.3) is 0 Å². The smallest absolute Gasteiger partial charge is 0.410 e. The molecule has 0 saturated carbocycles. The highest BCUT2D eigenvalue weighted by Gasteiger charge is 2.21. The molecule has 0 fully saturated rings. The summed E-state index contributed by atoms with van der Waals surface area (Å²) in [6.45, 7) is 5.92. The van der Waals surface area contributed by atoms with Gasteiger partial charge < -0.3 is 20.4 Å². The van der Waals surface area contributed by atoms with E-state index in [4.69, 9.17) is 10.5 Å². The topological polar surface area (TPSA) is 71.3 Å². The van der Waals surface area contributed by atoms with Crippen LogP contribution in [0, 0.1) is 0 Å². The zero-order valence-corrected chi connectivity index (χ0v) is 10.9. The van der Waals surface area contributed by atoms with E-state index in [1.165, 1.54) is 4.90 Å². The lowest BCUT2D eigenvalue weighted by Gasteiger charge is -2.26. The SMILES string of the molecule is CN(CC(N)c1ccc[nH]1)C(=O)OC(C)(C)C. The summed E-state index contributed by atoms with van der Waals surface area (Å²) in [5.41, 5.74) is 6.38. The molecule has 0 aliphatic rings. The molecule has 5 heteroatoms. The number of hydrogen-bond acceptors (Lipinski definition) is 3. The number of rotatable bonds is 3. The van der Waals surface area contributed by atoms with Gasteiger partial charge in [0, 0.05) is 25.5 Å². The van der Waals surface area contributed by atoms with Gasteiger partial charge in [-0.15, -0.1) is 0 Å². The fourth-order valence-electron chi connectivity index (χ4n) is 1.38. The van der Waals surface area contributed by atoms with Crippen LogP contribution in [0.3, 0.4) is 0 Å². The zero-order valence-electron chi connectivity index (χ0n) is 10.9. The Hall–Kier alpha value is -1.49. The van der Waals surface area contributed by atoms with E-state index in [1.807, 2.05) is 39.1 Å². The second kappa shape index (κ2) is 5.23. The van der Waals surface area contributed by atoms with E-state index in [1.54, 1.807) is 7.05 Å². The highest BCUT2D eigenvalue weighted by atomic mass is 16.6. The number of aromatic nitrogens is 1. The first-order chi connectivity index (χ1) is 7.79. The maximum absolute atomic E-state index is 11.7. The Kier molecular flexibility index (Phi) is 4.17. The van der Waals surface area contributed by atoms with E-state index in [0.29, 0.717) is 6.54 Å². The van der Waals surface area contributed by atoms with Gasteiger partial charge in [0.05, 0.1) is 6.04 Å². The van der Waals surface area contributed by atoms with Crippen LogP contribution >= 0.6 is 0 Å². The average molecular weight is 239 g/mol. The molecule has 0 aliphatic heterocycles. The molecule has 1 rings (SSSR count). The van der Waals surface area contributed by atoms with E-state index in [9.17, 15) is 4.79 Å². The van der Waals surface area contributed by atoms with Gasteiger partial charge in [-0.05, 0) is 32.9 Å². The molecular formula is C12H21N3O2. The van der Waals surface area contributed by atoms with Gasteiger partial charge in [0.1, 0.15) is 5.60 Å². The number of aromatic amines is 1. The summed E-state index contributed by atoms with van der Waals surface area (Å²) in [6.07, 6.45) is 1.45. The highest BCUT2D eigenvalue weighted by Crippen LogP contribution is 2.12. The normalized spacial score (nSPS) is 13.2. The monoisotopic (exact) mass is 239 g/mol. The zero-order chi connectivity index (χ0) is 13.1. The maximum atomic E-state index is 11.7. The number of nitrogens with zero attached hydrogens (tertiary/aromatic N) is 1. The molecule has 1 heterocycles. The molecule has 5 nitrogen and oxygen atoms in total. The molecule has 0 radical (unpaired) electrons. The summed E-state index contributed by atoms with van der Waals surface area (Å²) in [5.74, 6) is 0. The summed E-state index contributed by atoms with van der Waals surface area (Å²) >= 11 is 0. The number of nitrogens with two attached hydrogens (primary N) is 1. The number of ether oxygens (including phenoxy) is 1. The molecule has 1 amide bonds. The van der Waals surface area contributed by atoms with E-state index >= 15 is 0 Å². The number of amides is 1. The minimum Gasteiger partial charge on any atom is -0.444 e. The Morgan fingerprint density at radius 1 is 1.59 bits per heavy atom. The van der Waals surface area contributed by atoms with Crippen molar-refractivity contribution in [1.82, 2.24) is 9.88 Å². The van der Waals surface area contributed by atoms with Gasteiger partial charge in [-0.2, -0.15) is 0 Å². The Labute approximate surface area is 102 Å². The van der Waals surface area contributed by atoms with Gasteiger partial charge in [0.25, 0.3) is 0 Å². The van der Waals surface area contributed by atoms with Crippen LogP contribution in [0.4, 0.5) is 4.79 Å². The molecule has 0 aromatic carbocycles. The first kappa shape index (κ1) is 13.6. The minimum atomic E-state index is -0.484. The van der Waals surface area contributed by atoms with Crippen molar-refractivity contribution in [3.63, 3.8) is 0 Å². The molecule has 0 spiro atoms. The van der Waals surface area contributed by atoms with Crippen molar-refractivity contribution >= 4 is 6.09 Å². The number of likely N-dealkylation sites (N-methyl/N-ethyl adjacent to an activating group) is 1. The van der Waals surface area contributed by atoms with Crippen molar-refractivity contribution in [3.8, 4) is 0 Å². The molecule has 96 valence electrons. The van der Waals surface area contributed by atoms with Crippen molar-refractivity contribution in [1.29, 1.82) is 0 Å². The molecule has 0 aliphatic carbocycles. The summed E-state index contributed by atoms with van der Waals surface area (Å²) in [5, 5.41) is 0. The van der Waals surface area contributed by atoms with E-state index in [0.717, 1.165) is 5.69 Å². The Bertz CT molecular complexity index is 354. The number of carbonyl (C=O) groups excluding carboxylic acids is 1. The third-order valence-corrected chi connectivity index (χ3v) is 2.20. The predicted molar refractivity (Wildman–Crippen MR) is 66.6 cm³/mol. The van der Waals surface area contributed by atoms with Crippen molar-refractivity contribution in [3.05, 3.63) is 24.0 Å². The summed E-state index contributed by atoms with van der Waals surface area (Å²) in [6, 6.07) is 3.54. The standard InChI is InChI=1S/C12H21N3O2/c1-12(2,3)17-11(16)15(4)8-9(13)10-6-5-7-14-10/h5-7,9,14H,8,13H2,1-4H3. The minimum absolute atomic E-state index is 0.234. The van der Waals surface area contributed by atoms with Crippen molar-refractivity contribution in [2.45, 2.75) is 32.4 Å². The Morgan fingerprint density at radius 2 is 2.24 bits per heavy atom. The first-order valence-electron chi connectivity index (χ1n) is 5.62. The third kappa shape index (κ3) is 4.48. The maximum Gasteiger partial charge on any atom is 0.410 e. The van der Waals surface area contributed by atoms with E-state index in [2.05, 4.69) is 4.98 Å². The van der Waals surface area contributed by atoms with Gasteiger partial charge in [-0.1, -0.05) is 0 Å². The average Bonchev–Trinajstić information content (AvgIpc) is 2.67. The van der Waals surface area contributed by atoms with Crippen LogP contribution in [-0.2, 0) is 4.74 Å². The van der Waals surface area contributed by atoms with Crippen LogP contribution in [0.15, 0.2) is 18.3 Å². The first-order valence-corrected chi connectivity index (χ1v) is 5.62. The summed E-state index contributed by atoms with van der Waals surface area (Å²) in [4.78, 5) is 16.2. The second-order valence-electron chi connectivity index (χ2n) is 5.09. The third-order valence-electron chi connectivity index (χ3n) is 2.20. The Morgan fingerprint density at radius 3 is 2.71 bits per heavy atom. The van der Waals surface area contributed by atoms with Crippen molar-refractivity contribution < 1.29 is 9.53 Å². The molecule has 3 N–H and O–H groups in total. The van der Waals surface area contributed by atoms with Crippen LogP contribution in [-0.4, -0.2) is 35.2 Å². The Balaban J connectivity index is 2.49. The summed E-state index contributed by atoms with van der Waals surface area (Å²) in [7, 11) is 1.68. The van der Waals surface area contributed by atoms with Crippen molar-refractivity contribution in [2.75, 3.05) is 13.6 Å². The van der Waals surface area contributed by atoms with E-state index < -0.39 is 5.60 Å². The number of hydrogen-bond donors (Lipinski definition) is 2. The van der Waals surface area contributed by atoms with Crippen LogP contribution in [0.2, 0.25) is 0 Å². The molecule has 1 unspecified atom stereocenters. The molecule has 17 heavy (non-hydrogen) atoms. The number of H-pyrrole nitrogens is 1. The van der Waals surface area contributed by atoms with Crippen LogP contribution < -0.4 is 5.73 Å². The fourth-order valence-corrected chi connectivity index (χ4v) is 1.38. The lowest BCUT2D eigenvalue weighted by atomic mass is 10.2. The highest BCUT2D eigenvalue weighted by molar-refractivity contribution is 5.67. The number of carbonyl (C=O) groups is 1. The molecule has 0 saturated heterocycles. The molecular weight excluding hydrogens is 218 g/mol. The molecule has 1 aromatic rings. The fraction of sp³-hybridized carbons (Fsp3) is 0.583. The predicted octanol–water partition coefficient (Wildman–Crippen LogP) is 1.88. The summed E-state index contributed by atoms with van der Waals surface area (Å²) < 4.78 is 5.24.